The number of halogens is 1. The quantitative estimate of drug-likeness (QED) is 0.757. The van der Waals surface area contributed by atoms with Crippen LogP contribution in [0.25, 0.3) is 0 Å². The lowest BCUT2D eigenvalue weighted by atomic mass is 9.96. The second-order valence-corrected chi connectivity index (χ2v) is 8.27. The van der Waals surface area contributed by atoms with E-state index >= 15 is 0 Å². The van der Waals surface area contributed by atoms with Crippen LogP contribution < -0.4 is 5.73 Å². The molecule has 1 heterocycles. The minimum atomic E-state index is -3.16. The highest BCUT2D eigenvalue weighted by atomic mass is 35.5. The second-order valence-electron chi connectivity index (χ2n) is 6.29. The fourth-order valence-corrected chi connectivity index (χ4v) is 3.96. The summed E-state index contributed by atoms with van der Waals surface area (Å²) in [5.41, 5.74) is 6.86. The molecule has 2 rings (SSSR count). The average molecular weight is 390 g/mol. The molecule has 1 aliphatic heterocycles. The van der Waals surface area contributed by atoms with Crippen LogP contribution in [0, 0.1) is 5.92 Å². The fraction of sp³-hybridized carbons (Fsp3) is 0.588. The SMILES string of the molecule is CS(=O)(=O)N1CCC(C(=O)N(CCN)CCc2ccccc2)CC1.Cl. The predicted octanol–water partition coefficient (Wildman–Crippen LogP) is 1.11. The smallest absolute Gasteiger partial charge is 0.225 e. The van der Waals surface area contributed by atoms with Gasteiger partial charge in [0, 0.05) is 38.6 Å². The van der Waals surface area contributed by atoms with Gasteiger partial charge >= 0.3 is 0 Å². The van der Waals surface area contributed by atoms with Crippen LogP contribution >= 0.6 is 12.4 Å². The van der Waals surface area contributed by atoms with E-state index in [2.05, 4.69) is 12.1 Å². The third-order valence-corrected chi connectivity index (χ3v) is 5.80. The minimum Gasteiger partial charge on any atom is -0.341 e. The first kappa shape index (κ1) is 21.9. The summed E-state index contributed by atoms with van der Waals surface area (Å²) in [4.78, 5) is 14.6. The first-order chi connectivity index (χ1) is 11.4. The molecule has 0 atom stereocenters. The van der Waals surface area contributed by atoms with Gasteiger partial charge in [-0.05, 0) is 24.8 Å². The number of rotatable bonds is 7. The molecule has 0 aliphatic carbocycles. The van der Waals surface area contributed by atoms with Gasteiger partial charge in [-0.15, -0.1) is 12.4 Å². The maximum absolute atomic E-state index is 12.8. The van der Waals surface area contributed by atoms with Gasteiger partial charge in [0.05, 0.1) is 6.26 Å². The largest absolute Gasteiger partial charge is 0.341 e. The standard InChI is InChI=1S/C17H27N3O3S.ClH/c1-24(22,23)20-12-8-16(9-13-20)17(21)19(14-10-18)11-7-15-5-3-2-4-6-15;/h2-6,16H,7-14,18H2,1H3;1H. The van der Waals surface area contributed by atoms with Gasteiger partial charge < -0.3 is 10.6 Å². The molecule has 8 heteroatoms. The van der Waals surface area contributed by atoms with Gasteiger partial charge in [0.2, 0.25) is 15.9 Å². The molecule has 0 spiro atoms. The average Bonchev–Trinajstić information content (AvgIpc) is 2.58. The van der Waals surface area contributed by atoms with E-state index in [1.54, 1.807) is 0 Å². The lowest BCUT2D eigenvalue weighted by Crippen LogP contribution is -2.45. The molecule has 6 nitrogen and oxygen atoms in total. The first-order valence-corrected chi connectivity index (χ1v) is 10.2. The lowest BCUT2D eigenvalue weighted by molar-refractivity contribution is -0.136. The molecule has 0 saturated carbocycles. The number of carbonyl (C=O) groups excluding carboxylic acids is 1. The Bertz CT molecular complexity index is 632. The van der Waals surface area contributed by atoms with Crippen molar-refractivity contribution >= 4 is 28.3 Å². The molecular weight excluding hydrogens is 362 g/mol. The van der Waals surface area contributed by atoms with Crippen LogP contribution in [-0.4, -0.2) is 62.5 Å². The number of nitrogens with two attached hydrogens (primary N) is 1. The van der Waals surface area contributed by atoms with Crippen LogP contribution in [0.5, 0.6) is 0 Å². The third-order valence-electron chi connectivity index (χ3n) is 4.50. The van der Waals surface area contributed by atoms with Crippen LogP contribution in [0.2, 0.25) is 0 Å². The van der Waals surface area contributed by atoms with Crippen LogP contribution in [0.4, 0.5) is 0 Å². The normalized spacial score (nSPS) is 16.2. The summed E-state index contributed by atoms with van der Waals surface area (Å²) in [6.45, 7) is 2.46. The maximum Gasteiger partial charge on any atom is 0.225 e. The van der Waals surface area contributed by atoms with Crippen molar-refractivity contribution in [2.75, 3.05) is 39.0 Å². The Morgan fingerprint density at radius 1 is 1.20 bits per heavy atom. The summed E-state index contributed by atoms with van der Waals surface area (Å²) in [5.74, 6) is -0.00476. The Balaban J connectivity index is 0.00000312. The molecule has 0 bridgehead atoms. The van der Waals surface area contributed by atoms with E-state index in [1.165, 1.54) is 16.1 Å². The molecule has 0 radical (unpaired) electrons. The molecule has 1 aliphatic rings. The number of hydrogen-bond donors (Lipinski definition) is 1. The minimum absolute atomic E-state index is 0. The maximum atomic E-state index is 12.8. The highest BCUT2D eigenvalue weighted by Crippen LogP contribution is 2.21. The lowest BCUT2D eigenvalue weighted by Gasteiger charge is -2.33. The second kappa shape index (κ2) is 10.1. The van der Waals surface area contributed by atoms with E-state index in [4.69, 9.17) is 5.73 Å². The van der Waals surface area contributed by atoms with Crippen molar-refractivity contribution in [3.63, 3.8) is 0 Å². The van der Waals surface area contributed by atoms with Gasteiger partial charge in [-0.3, -0.25) is 4.79 Å². The van der Waals surface area contributed by atoms with Crippen LogP contribution in [0.3, 0.4) is 0 Å². The Kier molecular flexibility index (Phi) is 8.85. The van der Waals surface area contributed by atoms with E-state index in [9.17, 15) is 13.2 Å². The molecule has 1 aromatic rings. The molecule has 1 amide bonds. The molecule has 0 unspecified atom stereocenters. The van der Waals surface area contributed by atoms with Gasteiger partial charge in [0.25, 0.3) is 0 Å². The van der Waals surface area contributed by atoms with Crippen LogP contribution in [-0.2, 0) is 21.2 Å². The highest BCUT2D eigenvalue weighted by Gasteiger charge is 2.31. The van der Waals surface area contributed by atoms with Crippen molar-refractivity contribution in [1.29, 1.82) is 0 Å². The summed E-state index contributed by atoms with van der Waals surface area (Å²) in [6, 6.07) is 10.1. The zero-order chi connectivity index (χ0) is 17.6. The molecule has 2 N–H and O–H groups in total. The van der Waals surface area contributed by atoms with E-state index < -0.39 is 10.0 Å². The first-order valence-electron chi connectivity index (χ1n) is 8.39. The Morgan fingerprint density at radius 3 is 2.32 bits per heavy atom. The van der Waals surface area contributed by atoms with Crippen molar-refractivity contribution in [2.45, 2.75) is 19.3 Å². The van der Waals surface area contributed by atoms with Crippen molar-refractivity contribution in [3.05, 3.63) is 35.9 Å². The van der Waals surface area contributed by atoms with E-state index in [0.717, 1.165) is 6.42 Å². The summed E-state index contributed by atoms with van der Waals surface area (Å²) >= 11 is 0. The summed E-state index contributed by atoms with van der Waals surface area (Å²) in [5, 5.41) is 0. The molecular formula is C17H28ClN3O3S. The number of amides is 1. The zero-order valence-electron chi connectivity index (χ0n) is 14.6. The van der Waals surface area contributed by atoms with Gasteiger partial charge in [-0.25, -0.2) is 12.7 Å². The Hall–Kier alpha value is -1.15. The predicted molar refractivity (Wildman–Crippen MR) is 102 cm³/mol. The van der Waals surface area contributed by atoms with Crippen molar-refractivity contribution in [2.24, 2.45) is 11.7 Å². The molecule has 1 fully saturated rings. The summed E-state index contributed by atoms with van der Waals surface area (Å²) in [6.07, 6.45) is 3.18. The number of nitrogens with zero attached hydrogens (tertiary/aromatic N) is 2. The van der Waals surface area contributed by atoms with Gasteiger partial charge in [0.15, 0.2) is 0 Å². The van der Waals surface area contributed by atoms with Crippen molar-refractivity contribution < 1.29 is 13.2 Å². The monoisotopic (exact) mass is 389 g/mol. The third kappa shape index (κ3) is 6.58. The summed E-state index contributed by atoms with van der Waals surface area (Å²) < 4.78 is 24.6. The number of piperidine rings is 1. The molecule has 1 aromatic carbocycles. The van der Waals surface area contributed by atoms with Crippen LogP contribution in [0.15, 0.2) is 30.3 Å². The Labute approximate surface area is 156 Å². The van der Waals surface area contributed by atoms with E-state index in [-0.39, 0.29) is 24.2 Å². The highest BCUT2D eigenvalue weighted by molar-refractivity contribution is 7.88. The van der Waals surface area contributed by atoms with Gasteiger partial charge in [0.1, 0.15) is 0 Å². The number of benzene rings is 1. The topological polar surface area (TPSA) is 83.7 Å². The molecule has 1 saturated heterocycles. The number of sulfonamides is 1. The summed E-state index contributed by atoms with van der Waals surface area (Å²) in [7, 11) is -3.16. The number of carbonyl (C=O) groups is 1. The zero-order valence-corrected chi connectivity index (χ0v) is 16.3. The van der Waals surface area contributed by atoms with Crippen molar-refractivity contribution in [1.82, 2.24) is 9.21 Å². The van der Waals surface area contributed by atoms with Gasteiger partial charge in [-0.1, -0.05) is 30.3 Å². The number of hydrogen-bond acceptors (Lipinski definition) is 4. The Morgan fingerprint density at radius 2 is 1.80 bits per heavy atom. The van der Waals surface area contributed by atoms with Crippen molar-refractivity contribution in [3.8, 4) is 0 Å². The molecule has 0 aromatic heterocycles. The van der Waals surface area contributed by atoms with Crippen LogP contribution in [0.1, 0.15) is 18.4 Å². The van der Waals surface area contributed by atoms with Gasteiger partial charge in [-0.2, -0.15) is 0 Å². The fourth-order valence-electron chi connectivity index (χ4n) is 3.09. The molecule has 142 valence electrons. The van der Waals surface area contributed by atoms with E-state index in [0.29, 0.717) is 45.6 Å². The molecule has 25 heavy (non-hydrogen) atoms. The van der Waals surface area contributed by atoms with E-state index in [1.807, 2.05) is 23.1 Å².